The monoisotopic (exact) mass is 365 g/mol. The number of anilines is 1. The fourth-order valence-corrected chi connectivity index (χ4v) is 4.10. The second-order valence-corrected chi connectivity index (χ2v) is 6.98. The Morgan fingerprint density at radius 1 is 1.12 bits per heavy atom. The molecule has 0 saturated heterocycles. The summed E-state index contributed by atoms with van der Waals surface area (Å²) >= 11 is 1.48. The van der Waals surface area contributed by atoms with Gasteiger partial charge in [-0.05, 0) is 17.7 Å². The van der Waals surface area contributed by atoms with Crippen LogP contribution < -0.4 is 5.32 Å². The fraction of sp³-hybridized carbons (Fsp3) is 0.150. The van der Waals surface area contributed by atoms with Gasteiger partial charge in [0, 0.05) is 33.1 Å². The summed E-state index contributed by atoms with van der Waals surface area (Å²) in [5, 5.41) is 5.38. The number of thiophene rings is 1. The molecule has 5 nitrogen and oxygen atoms in total. The first-order chi connectivity index (χ1) is 12.6. The molecule has 4 rings (SSSR count). The van der Waals surface area contributed by atoms with E-state index in [2.05, 4.69) is 5.32 Å². The zero-order valence-corrected chi connectivity index (χ0v) is 14.5. The lowest BCUT2D eigenvalue weighted by Crippen LogP contribution is -2.29. The minimum Gasteiger partial charge on any atom is -0.457 e. The van der Waals surface area contributed by atoms with Crippen molar-refractivity contribution < 1.29 is 19.1 Å². The second kappa shape index (κ2) is 6.72. The number of fused-ring (bicyclic) bond motifs is 2. The largest absolute Gasteiger partial charge is 0.457 e. The standard InChI is InChI=1S/C20H15NO4S/c22-17(15-11-26-18-8-4-2-6-13(15)18)10-25-20(24)14-9-19(23)21-16-7-3-1-5-12(14)16/h1-8,11,14H,9-10H2,(H,21,23). The van der Waals surface area contributed by atoms with E-state index in [-0.39, 0.29) is 24.7 Å². The number of esters is 1. The van der Waals surface area contributed by atoms with Crippen LogP contribution in [0.15, 0.2) is 53.9 Å². The third kappa shape index (κ3) is 2.99. The highest BCUT2D eigenvalue weighted by molar-refractivity contribution is 7.17. The maximum Gasteiger partial charge on any atom is 0.314 e. The average Bonchev–Trinajstić information content (AvgIpc) is 3.09. The molecule has 3 aromatic rings. The van der Waals surface area contributed by atoms with Crippen LogP contribution in [0.2, 0.25) is 0 Å². The van der Waals surface area contributed by atoms with E-state index in [1.807, 2.05) is 24.3 Å². The molecular formula is C20H15NO4S. The molecule has 0 radical (unpaired) electrons. The van der Waals surface area contributed by atoms with Crippen LogP contribution in [0.3, 0.4) is 0 Å². The van der Waals surface area contributed by atoms with Crippen LogP contribution in [0.1, 0.15) is 28.3 Å². The molecule has 0 spiro atoms. The molecule has 2 heterocycles. The van der Waals surface area contributed by atoms with Crippen molar-refractivity contribution in [3.63, 3.8) is 0 Å². The van der Waals surface area contributed by atoms with Crippen molar-refractivity contribution in [3.8, 4) is 0 Å². The van der Waals surface area contributed by atoms with Gasteiger partial charge in [0.1, 0.15) is 0 Å². The van der Waals surface area contributed by atoms with E-state index in [1.54, 1.807) is 29.6 Å². The third-order valence-electron chi connectivity index (χ3n) is 4.41. The Labute approximate surface area is 153 Å². The Hall–Kier alpha value is -2.99. The number of ketones is 1. The van der Waals surface area contributed by atoms with Crippen molar-refractivity contribution in [2.24, 2.45) is 0 Å². The molecule has 1 N–H and O–H groups in total. The van der Waals surface area contributed by atoms with Crippen molar-refractivity contribution >= 4 is 44.8 Å². The molecule has 0 saturated carbocycles. The fourth-order valence-electron chi connectivity index (χ4n) is 3.13. The normalized spacial score (nSPS) is 16.0. The second-order valence-electron chi connectivity index (χ2n) is 6.07. The molecule has 6 heteroatoms. The van der Waals surface area contributed by atoms with Crippen LogP contribution in [0.4, 0.5) is 5.69 Å². The summed E-state index contributed by atoms with van der Waals surface area (Å²) in [6.07, 6.45) is 0.0193. The summed E-state index contributed by atoms with van der Waals surface area (Å²) in [6, 6.07) is 14.7. The van der Waals surface area contributed by atoms with Gasteiger partial charge in [0.25, 0.3) is 0 Å². The molecule has 1 unspecified atom stereocenters. The van der Waals surface area contributed by atoms with Crippen molar-refractivity contribution in [1.29, 1.82) is 0 Å². The van der Waals surface area contributed by atoms with Gasteiger partial charge < -0.3 is 10.1 Å². The number of amides is 1. The van der Waals surface area contributed by atoms with Gasteiger partial charge >= 0.3 is 5.97 Å². The first-order valence-electron chi connectivity index (χ1n) is 8.18. The van der Waals surface area contributed by atoms with Crippen LogP contribution in [0.5, 0.6) is 0 Å². The van der Waals surface area contributed by atoms with Crippen LogP contribution in [-0.4, -0.2) is 24.3 Å². The van der Waals surface area contributed by atoms with Gasteiger partial charge in [0.05, 0.1) is 5.92 Å². The third-order valence-corrected chi connectivity index (χ3v) is 5.37. The number of hydrogen-bond acceptors (Lipinski definition) is 5. The number of carbonyl (C=O) groups excluding carboxylic acids is 3. The van der Waals surface area contributed by atoms with E-state index in [1.165, 1.54) is 11.3 Å². The molecular weight excluding hydrogens is 350 g/mol. The van der Waals surface area contributed by atoms with E-state index in [9.17, 15) is 14.4 Å². The Bertz CT molecular complexity index is 1020. The Morgan fingerprint density at radius 3 is 2.77 bits per heavy atom. The number of hydrogen-bond donors (Lipinski definition) is 1. The molecule has 1 aliphatic rings. The van der Waals surface area contributed by atoms with Crippen molar-refractivity contribution in [2.75, 3.05) is 11.9 Å². The molecule has 1 atom stereocenters. The van der Waals surface area contributed by atoms with Gasteiger partial charge in [-0.1, -0.05) is 36.4 Å². The molecule has 0 fully saturated rings. The average molecular weight is 365 g/mol. The number of carbonyl (C=O) groups is 3. The number of Topliss-reactive ketones (excluding diaryl/α,β-unsaturated/α-hetero) is 1. The van der Waals surface area contributed by atoms with Gasteiger partial charge in [0.2, 0.25) is 11.7 Å². The summed E-state index contributed by atoms with van der Waals surface area (Å²) in [7, 11) is 0. The zero-order chi connectivity index (χ0) is 18.1. The lowest BCUT2D eigenvalue weighted by Gasteiger charge is -2.23. The van der Waals surface area contributed by atoms with E-state index < -0.39 is 11.9 Å². The SMILES string of the molecule is O=C1CC(C(=O)OCC(=O)c2csc3ccccc23)c2ccccc2N1. The van der Waals surface area contributed by atoms with Crippen molar-refractivity contribution in [1.82, 2.24) is 0 Å². The Morgan fingerprint density at radius 2 is 1.88 bits per heavy atom. The molecule has 2 aromatic carbocycles. The Balaban J connectivity index is 1.49. The van der Waals surface area contributed by atoms with Crippen LogP contribution in [0, 0.1) is 0 Å². The summed E-state index contributed by atoms with van der Waals surface area (Å²) in [4.78, 5) is 36.8. The minimum absolute atomic E-state index is 0.0193. The maximum atomic E-state index is 12.5. The van der Waals surface area contributed by atoms with Gasteiger partial charge in [0.15, 0.2) is 6.61 Å². The number of rotatable bonds is 4. The number of nitrogens with one attached hydrogen (secondary N) is 1. The highest BCUT2D eigenvalue weighted by Crippen LogP contribution is 2.33. The molecule has 130 valence electrons. The zero-order valence-electron chi connectivity index (χ0n) is 13.7. The van der Waals surface area contributed by atoms with E-state index in [0.717, 1.165) is 10.1 Å². The number of benzene rings is 2. The van der Waals surface area contributed by atoms with Crippen LogP contribution in [0.25, 0.3) is 10.1 Å². The lowest BCUT2D eigenvalue weighted by molar-refractivity contribution is -0.145. The van der Waals surface area contributed by atoms with Crippen LogP contribution in [-0.2, 0) is 14.3 Å². The highest BCUT2D eigenvalue weighted by Gasteiger charge is 2.32. The first-order valence-corrected chi connectivity index (χ1v) is 9.06. The Kier molecular flexibility index (Phi) is 4.26. The van der Waals surface area contributed by atoms with Crippen molar-refractivity contribution in [2.45, 2.75) is 12.3 Å². The first kappa shape index (κ1) is 16.5. The highest BCUT2D eigenvalue weighted by atomic mass is 32.1. The summed E-state index contributed by atoms with van der Waals surface area (Å²) in [5.41, 5.74) is 1.88. The van der Waals surface area contributed by atoms with Gasteiger partial charge in [-0.3, -0.25) is 14.4 Å². The van der Waals surface area contributed by atoms with E-state index in [4.69, 9.17) is 4.74 Å². The summed E-state index contributed by atoms with van der Waals surface area (Å²) in [6.45, 7) is -0.333. The summed E-state index contributed by atoms with van der Waals surface area (Å²) < 4.78 is 6.27. The number of ether oxygens (including phenoxy) is 1. The van der Waals surface area contributed by atoms with Gasteiger partial charge in [-0.2, -0.15) is 0 Å². The topological polar surface area (TPSA) is 72.5 Å². The molecule has 1 aliphatic heterocycles. The van der Waals surface area contributed by atoms with Gasteiger partial charge in [-0.25, -0.2) is 0 Å². The molecule has 26 heavy (non-hydrogen) atoms. The number of para-hydroxylation sites is 1. The summed E-state index contributed by atoms with van der Waals surface area (Å²) in [5.74, 6) is -1.72. The lowest BCUT2D eigenvalue weighted by atomic mass is 9.91. The van der Waals surface area contributed by atoms with E-state index in [0.29, 0.717) is 16.8 Å². The minimum atomic E-state index is -0.688. The maximum absolute atomic E-state index is 12.5. The van der Waals surface area contributed by atoms with Gasteiger partial charge in [-0.15, -0.1) is 11.3 Å². The molecule has 0 bridgehead atoms. The smallest absolute Gasteiger partial charge is 0.314 e. The molecule has 1 aromatic heterocycles. The molecule has 0 aliphatic carbocycles. The van der Waals surface area contributed by atoms with E-state index >= 15 is 0 Å². The quantitative estimate of drug-likeness (QED) is 0.564. The van der Waals surface area contributed by atoms with Crippen LogP contribution >= 0.6 is 11.3 Å². The predicted molar refractivity (Wildman–Crippen MR) is 99.5 cm³/mol. The van der Waals surface area contributed by atoms with Crippen molar-refractivity contribution in [3.05, 3.63) is 65.0 Å². The molecule has 1 amide bonds. The predicted octanol–water partition coefficient (Wildman–Crippen LogP) is 3.75.